The molecule has 0 N–H and O–H groups in total. The van der Waals surface area contributed by atoms with Crippen molar-refractivity contribution in [2.75, 3.05) is 20.8 Å². The monoisotopic (exact) mass is 478 g/mol. The van der Waals surface area contributed by atoms with Gasteiger partial charge < -0.3 is 28.4 Å². The van der Waals surface area contributed by atoms with Crippen LogP contribution in [-0.2, 0) is 48.2 Å². The van der Waals surface area contributed by atoms with Crippen LogP contribution in [0.15, 0.2) is 91.0 Å². The van der Waals surface area contributed by atoms with Crippen molar-refractivity contribution < 1.29 is 28.4 Å². The van der Waals surface area contributed by atoms with Gasteiger partial charge in [-0.15, -0.1) is 0 Å². The highest BCUT2D eigenvalue weighted by atomic mass is 16.7. The molecule has 1 aliphatic heterocycles. The van der Waals surface area contributed by atoms with Crippen LogP contribution >= 0.6 is 0 Å². The molecule has 1 aliphatic rings. The van der Waals surface area contributed by atoms with Gasteiger partial charge in [0, 0.05) is 14.2 Å². The predicted molar refractivity (Wildman–Crippen MR) is 133 cm³/mol. The number of benzene rings is 3. The van der Waals surface area contributed by atoms with E-state index in [1.54, 1.807) is 14.2 Å². The zero-order chi connectivity index (χ0) is 24.3. The van der Waals surface area contributed by atoms with Gasteiger partial charge in [-0.1, -0.05) is 91.0 Å². The number of hydrogen-bond donors (Lipinski definition) is 0. The maximum atomic E-state index is 6.51. The Morgan fingerprint density at radius 1 is 0.571 bits per heavy atom. The highest BCUT2D eigenvalue weighted by molar-refractivity contribution is 5.15. The number of rotatable bonds is 12. The summed E-state index contributed by atoms with van der Waals surface area (Å²) < 4.78 is 36.8. The quantitative estimate of drug-likeness (QED) is 0.374. The first kappa shape index (κ1) is 25.5. The molecule has 0 amide bonds. The van der Waals surface area contributed by atoms with Crippen molar-refractivity contribution in [1.29, 1.82) is 0 Å². The van der Waals surface area contributed by atoms with Crippen molar-refractivity contribution in [2.24, 2.45) is 0 Å². The Labute approximate surface area is 207 Å². The lowest BCUT2D eigenvalue weighted by molar-refractivity contribution is -0.322. The summed E-state index contributed by atoms with van der Waals surface area (Å²) in [7, 11) is 3.27. The number of methoxy groups -OCH3 is 2. The third-order valence-electron chi connectivity index (χ3n) is 6.01. The van der Waals surface area contributed by atoms with Crippen molar-refractivity contribution in [3.63, 3.8) is 0 Å². The molecule has 1 saturated heterocycles. The molecule has 6 heteroatoms. The lowest BCUT2D eigenvalue weighted by Gasteiger charge is -2.45. The van der Waals surface area contributed by atoms with Crippen LogP contribution in [0.5, 0.6) is 0 Å². The zero-order valence-corrected chi connectivity index (χ0v) is 20.3. The Bertz CT molecular complexity index is 968. The molecule has 186 valence electrons. The van der Waals surface area contributed by atoms with Gasteiger partial charge in [0.15, 0.2) is 6.29 Å². The minimum atomic E-state index is -0.629. The SMILES string of the molecule is COC[C@H]1O[C@H](OC)[C@H](OCc2ccccc2)[C@@H](OCc2ccccc2)[C@@H]1OCc1ccccc1. The molecule has 5 atom stereocenters. The minimum Gasteiger partial charge on any atom is -0.382 e. The van der Waals surface area contributed by atoms with E-state index in [1.807, 2.05) is 91.0 Å². The molecule has 3 aromatic rings. The van der Waals surface area contributed by atoms with E-state index in [4.69, 9.17) is 28.4 Å². The van der Waals surface area contributed by atoms with E-state index < -0.39 is 24.6 Å². The summed E-state index contributed by atoms with van der Waals surface area (Å²) in [5.74, 6) is 0. The van der Waals surface area contributed by atoms with Crippen molar-refractivity contribution in [2.45, 2.75) is 50.5 Å². The minimum absolute atomic E-state index is 0.343. The summed E-state index contributed by atoms with van der Waals surface area (Å²) in [4.78, 5) is 0. The Morgan fingerprint density at radius 3 is 1.43 bits per heavy atom. The fraction of sp³-hybridized carbons (Fsp3) is 0.379. The van der Waals surface area contributed by atoms with Crippen LogP contribution in [-0.4, -0.2) is 51.5 Å². The summed E-state index contributed by atoms with van der Waals surface area (Å²) in [6.07, 6.45) is -2.38. The maximum absolute atomic E-state index is 6.51. The third-order valence-corrected chi connectivity index (χ3v) is 6.01. The van der Waals surface area contributed by atoms with Crippen LogP contribution in [0.25, 0.3) is 0 Å². The predicted octanol–water partition coefficient (Wildman–Crippen LogP) is 4.76. The van der Waals surface area contributed by atoms with Gasteiger partial charge in [0.1, 0.15) is 24.4 Å². The van der Waals surface area contributed by atoms with Crippen LogP contribution in [0.2, 0.25) is 0 Å². The Morgan fingerprint density at radius 2 is 1.00 bits per heavy atom. The fourth-order valence-electron chi connectivity index (χ4n) is 4.23. The molecule has 0 bridgehead atoms. The normalized spacial score (nSPS) is 24.3. The average molecular weight is 479 g/mol. The first-order chi connectivity index (χ1) is 17.3. The van der Waals surface area contributed by atoms with Gasteiger partial charge in [0.2, 0.25) is 0 Å². The van der Waals surface area contributed by atoms with E-state index in [9.17, 15) is 0 Å². The maximum Gasteiger partial charge on any atom is 0.186 e. The van der Waals surface area contributed by atoms with Gasteiger partial charge in [0.25, 0.3) is 0 Å². The van der Waals surface area contributed by atoms with Gasteiger partial charge in [-0.3, -0.25) is 0 Å². The van der Waals surface area contributed by atoms with Crippen molar-refractivity contribution >= 4 is 0 Å². The van der Waals surface area contributed by atoms with E-state index in [-0.39, 0.29) is 6.10 Å². The first-order valence-corrected chi connectivity index (χ1v) is 11.9. The van der Waals surface area contributed by atoms with Crippen LogP contribution in [0.1, 0.15) is 16.7 Å². The molecule has 0 unspecified atom stereocenters. The van der Waals surface area contributed by atoms with Crippen molar-refractivity contribution in [3.8, 4) is 0 Å². The summed E-state index contributed by atoms with van der Waals surface area (Å²) in [5, 5.41) is 0. The standard InChI is InChI=1S/C29H34O6/c1-30-21-25-26(32-18-22-12-6-3-7-13-22)27(33-19-23-14-8-4-9-15-23)28(29(31-2)35-25)34-20-24-16-10-5-11-17-24/h3-17,25-29H,18-21H2,1-2H3/t25-,26-,27+,28-,29+/m1/s1. The molecule has 35 heavy (non-hydrogen) atoms. The largest absolute Gasteiger partial charge is 0.382 e. The van der Waals surface area contributed by atoms with Crippen molar-refractivity contribution in [1.82, 2.24) is 0 Å². The summed E-state index contributed by atoms with van der Waals surface area (Å²) in [6, 6.07) is 30.2. The fourth-order valence-corrected chi connectivity index (χ4v) is 4.23. The van der Waals surface area contributed by atoms with E-state index in [2.05, 4.69) is 0 Å². The second-order valence-electron chi connectivity index (χ2n) is 8.52. The van der Waals surface area contributed by atoms with Crippen LogP contribution < -0.4 is 0 Å². The van der Waals surface area contributed by atoms with Gasteiger partial charge in [-0.05, 0) is 16.7 Å². The molecule has 6 nitrogen and oxygen atoms in total. The molecule has 0 spiro atoms. The second-order valence-corrected chi connectivity index (χ2v) is 8.52. The molecule has 1 fully saturated rings. The molecule has 0 saturated carbocycles. The Balaban J connectivity index is 1.58. The van der Waals surface area contributed by atoms with Gasteiger partial charge in [-0.25, -0.2) is 0 Å². The second kappa shape index (κ2) is 13.5. The summed E-state index contributed by atoms with van der Waals surface area (Å²) in [6.45, 7) is 1.58. The third kappa shape index (κ3) is 7.21. The Hall–Kier alpha value is -2.58. The zero-order valence-electron chi connectivity index (χ0n) is 20.3. The molecule has 3 aromatic carbocycles. The van der Waals surface area contributed by atoms with Crippen molar-refractivity contribution in [3.05, 3.63) is 108 Å². The van der Waals surface area contributed by atoms with E-state index in [0.717, 1.165) is 16.7 Å². The van der Waals surface area contributed by atoms with E-state index >= 15 is 0 Å². The van der Waals surface area contributed by atoms with Gasteiger partial charge >= 0.3 is 0 Å². The topological polar surface area (TPSA) is 55.4 Å². The number of hydrogen-bond acceptors (Lipinski definition) is 6. The Kier molecular flexibility index (Phi) is 9.84. The lowest BCUT2D eigenvalue weighted by Crippen LogP contribution is -2.61. The van der Waals surface area contributed by atoms with E-state index in [1.165, 1.54) is 0 Å². The molecule has 0 radical (unpaired) electrons. The summed E-state index contributed by atoms with van der Waals surface area (Å²) >= 11 is 0. The number of ether oxygens (including phenoxy) is 6. The molecular formula is C29H34O6. The average Bonchev–Trinajstić information content (AvgIpc) is 2.92. The molecule has 0 aromatic heterocycles. The first-order valence-electron chi connectivity index (χ1n) is 11.9. The van der Waals surface area contributed by atoms with Gasteiger partial charge in [0.05, 0.1) is 26.4 Å². The van der Waals surface area contributed by atoms with Crippen LogP contribution in [0, 0.1) is 0 Å². The highest BCUT2D eigenvalue weighted by Gasteiger charge is 2.48. The van der Waals surface area contributed by atoms with Crippen LogP contribution in [0.3, 0.4) is 0 Å². The summed E-state index contributed by atoms with van der Waals surface area (Å²) in [5.41, 5.74) is 3.20. The molecule has 0 aliphatic carbocycles. The molecular weight excluding hydrogens is 444 g/mol. The van der Waals surface area contributed by atoms with Crippen LogP contribution in [0.4, 0.5) is 0 Å². The van der Waals surface area contributed by atoms with Gasteiger partial charge in [-0.2, -0.15) is 0 Å². The molecule has 1 heterocycles. The smallest absolute Gasteiger partial charge is 0.186 e. The molecule has 4 rings (SSSR count). The lowest BCUT2D eigenvalue weighted by atomic mass is 9.98. The highest BCUT2D eigenvalue weighted by Crippen LogP contribution is 2.31. The van der Waals surface area contributed by atoms with E-state index in [0.29, 0.717) is 26.4 Å².